The van der Waals surface area contributed by atoms with Gasteiger partial charge in [-0.3, -0.25) is 4.79 Å². The van der Waals surface area contributed by atoms with Gasteiger partial charge in [0.25, 0.3) is 0 Å². The predicted molar refractivity (Wildman–Crippen MR) is 82.4 cm³/mol. The molecule has 0 heterocycles. The van der Waals surface area contributed by atoms with Gasteiger partial charge in [-0.25, -0.2) is 0 Å². The molecule has 0 saturated heterocycles. The number of nitrogens with zero attached hydrogens (tertiary/aromatic N) is 1. The van der Waals surface area contributed by atoms with Crippen molar-refractivity contribution in [2.45, 2.75) is 6.18 Å². The van der Waals surface area contributed by atoms with Crippen molar-refractivity contribution in [3.05, 3.63) is 71.3 Å². The van der Waals surface area contributed by atoms with Gasteiger partial charge in [0, 0.05) is 5.56 Å². The second-order valence-electron chi connectivity index (χ2n) is 4.79. The van der Waals surface area contributed by atoms with Crippen LogP contribution in [0, 0.1) is 11.3 Å². The summed E-state index contributed by atoms with van der Waals surface area (Å²) in [4.78, 5) is 12.0. The summed E-state index contributed by atoms with van der Waals surface area (Å²) in [7, 11) is 0. The third-order valence-electron chi connectivity index (χ3n) is 3.11. The summed E-state index contributed by atoms with van der Waals surface area (Å²) in [5.41, 5.74) is 0.159. The standard InChI is InChI=1S/C18H12F3NO2/c19-18(20,21)15-6-1-13(2-7-15)3-10-17(23)14-4-8-16(9-5-14)24-12-11-22/h1-10H,12H2. The second kappa shape index (κ2) is 7.47. The number of alkyl halides is 3. The van der Waals surface area contributed by atoms with Gasteiger partial charge < -0.3 is 4.74 Å². The molecule has 0 saturated carbocycles. The molecule has 3 nitrogen and oxygen atoms in total. The summed E-state index contributed by atoms with van der Waals surface area (Å²) in [5, 5.41) is 8.41. The Kier molecular flexibility index (Phi) is 5.38. The summed E-state index contributed by atoms with van der Waals surface area (Å²) in [6.45, 7) is -0.0822. The Morgan fingerprint density at radius 3 is 2.25 bits per heavy atom. The number of benzene rings is 2. The van der Waals surface area contributed by atoms with Crippen molar-refractivity contribution >= 4 is 11.9 Å². The van der Waals surface area contributed by atoms with Crippen molar-refractivity contribution in [1.82, 2.24) is 0 Å². The quantitative estimate of drug-likeness (QED) is 0.598. The lowest BCUT2D eigenvalue weighted by molar-refractivity contribution is -0.137. The van der Waals surface area contributed by atoms with Crippen LogP contribution in [0.4, 0.5) is 13.2 Å². The SMILES string of the molecule is N#CCOc1ccc(C(=O)C=Cc2ccc(C(F)(F)F)cc2)cc1. The van der Waals surface area contributed by atoms with E-state index in [0.29, 0.717) is 16.9 Å². The van der Waals surface area contributed by atoms with Crippen LogP contribution in [0.25, 0.3) is 6.08 Å². The van der Waals surface area contributed by atoms with Crippen LogP contribution < -0.4 is 4.74 Å². The lowest BCUT2D eigenvalue weighted by atomic mass is 10.1. The molecular formula is C18H12F3NO2. The molecule has 0 spiro atoms. The van der Waals surface area contributed by atoms with E-state index in [1.807, 2.05) is 6.07 Å². The van der Waals surface area contributed by atoms with Gasteiger partial charge in [-0.05, 0) is 48.0 Å². The molecule has 0 aliphatic carbocycles. The highest BCUT2D eigenvalue weighted by molar-refractivity contribution is 6.06. The topological polar surface area (TPSA) is 50.1 Å². The van der Waals surface area contributed by atoms with Crippen molar-refractivity contribution in [1.29, 1.82) is 5.26 Å². The zero-order valence-electron chi connectivity index (χ0n) is 12.4. The smallest absolute Gasteiger partial charge is 0.416 e. The molecule has 0 aliphatic heterocycles. The average molecular weight is 331 g/mol. The molecule has 2 aromatic rings. The molecule has 0 aromatic heterocycles. The number of carbonyl (C=O) groups is 1. The van der Waals surface area contributed by atoms with Crippen LogP contribution >= 0.6 is 0 Å². The molecule has 2 rings (SSSR count). The Morgan fingerprint density at radius 1 is 1.08 bits per heavy atom. The highest BCUT2D eigenvalue weighted by atomic mass is 19.4. The van der Waals surface area contributed by atoms with Crippen LogP contribution in [-0.4, -0.2) is 12.4 Å². The predicted octanol–water partition coefficient (Wildman–Crippen LogP) is 4.50. The van der Waals surface area contributed by atoms with Crippen LogP contribution in [0.2, 0.25) is 0 Å². The van der Waals surface area contributed by atoms with Crippen LogP contribution in [0.5, 0.6) is 5.75 Å². The van der Waals surface area contributed by atoms with E-state index in [0.717, 1.165) is 12.1 Å². The summed E-state index contributed by atoms with van der Waals surface area (Å²) < 4.78 is 42.5. The molecule has 0 amide bonds. The van der Waals surface area contributed by atoms with E-state index in [1.165, 1.54) is 24.3 Å². The van der Waals surface area contributed by atoms with Gasteiger partial charge in [-0.2, -0.15) is 18.4 Å². The summed E-state index contributed by atoms with van der Waals surface area (Å²) >= 11 is 0. The number of nitriles is 1. The average Bonchev–Trinajstić information content (AvgIpc) is 2.58. The van der Waals surface area contributed by atoms with Crippen molar-refractivity contribution < 1.29 is 22.7 Å². The Bertz CT molecular complexity index is 770. The van der Waals surface area contributed by atoms with Gasteiger partial charge in [-0.1, -0.05) is 18.2 Å². The number of hydrogen-bond acceptors (Lipinski definition) is 3. The van der Waals surface area contributed by atoms with Crippen molar-refractivity contribution in [3.8, 4) is 11.8 Å². The summed E-state index contributed by atoms with van der Waals surface area (Å²) in [6.07, 6.45) is -1.65. The van der Waals surface area contributed by atoms with Crippen molar-refractivity contribution in [2.24, 2.45) is 0 Å². The molecule has 0 radical (unpaired) electrons. The van der Waals surface area contributed by atoms with Gasteiger partial charge in [0.1, 0.15) is 11.8 Å². The maximum Gasteiger partial charge on any atom is 0.416 e. The Morgan fingerprint density at radius 2 is 1.71 bits per heavy atom. The lowest BCUT2D eigenvalue weighted by Crippen LogP contribution is -2.04. The van der Waals surface area contributed by atoms with E-state index in [1.54, 1.807) is 24.3 Å². The number of ether oxygens (including phenoxy) is 1. The fraction of sp³-hybridized carbons (Fsp3) is 0.111. The first kappa shape index (κ1) is 17.3. The molecule has 0 fully saturated rings. The first-order valence-electron chi connectivity index (χ1n) is 6.89. The lowest BCUT2D eigenvalue weighted by Gasteiger charge is -2.05. The van der Waals surface area contributed by atoms with E-state index in [-0.39, 0.29) is 12.4 Å². The van der Waals surface area contributed by atoms with Crippen LogP contribution in [0.1, 0.15) is 21.5 Å². The second-order valence-corrected chi connectivity index (χ2v) is 4.79. The summed E-state index contributed by atoms with van der Waals surface area (Å²) in [5.74, 6) is 0.182. The molecule has 0 aliphatic rings. The van der Waals surface area contributed by atoms with Gasteiger partial charge in [0.05, 0.1) is 5.56 Å². The van der Waals surface area contributed by atoms with E-state index in [2.05, 4.69) is 0 Å². The maximum absolute atomic E-state index is 12.5. The molecule has 0 unspecified atom stereocenters. The highest BCUT2D eigenvalue weighted by Crippen LogP contribution is 2.29. The number of allylic oxidation sites excluding steroid dienone is 1. The van der Waals surface area contributed by atoms with E-state index < -0.39 is 11.7 Å². The Hall–Kier alpha value is -3.07. The van der Waals surface area contributed by atoms with Gasteiger partial charge in [0.2, 0.25) is 0 Å². The number of rotatable bonds is 5. The third kappa shape index (κ3) is 4.71. The van der Waals surface area contributed by atoms with Gasteiger partial charge in [0.15, 0.2) is 12.4 Å². The van der Waals surface area contributed by atoms with Crippen molar-refractivity contribution in [3.63, 3.8) is 0 Å². The third-order valence-corrected chi connectivity index (χ3v) is 3.11. The van der Waals surface area contributed by atoms with Gasteiger partial charge in [-0.15, -0.1) is 0 Å². The van der Waals surface area contributed by atoms with E-state index >= 15 is 0 Å². The van der Waals surface area contributed by atoms with Crippen molar-refractivity contribution in [2.75, 3.05) is 6.61 Å². The largest absolute Gasteiger partial charge is 0.479 e. The Labute approximate surface area is 136 Å². The molecule has 0 bridgehead atoms. The monoisotopic (exact) mass is 331 g/mol. The molecule has 2 aromatic carbocycles. The molecule has 6 heteroatoms. The molecule has 122 valence electrons. The fourth-order valence-electron chi connectivity index (χ4n) is 1.88. The van der Waals surface area contributed by atoms with Crippen LogP contribution in [0.3, 0.4) is 0 Å². The minimum atomic E-state index is -4.38. The zero-order chi connectivity index (χ0) is 17.6. The zero-order valence-corrected chi connectivity index (χ0v) is 12.4. The molecular weight excluding hydrogens is 319 g/mol. The highest BCUT2D eigenvalue weighted by Gasteiger charge is 2.29. The maximum atomic E-state index is 12.5. The molecule has 24 heavy (non-hydrogen) atoms. The van der Waals surface area contributed by atoms with Gasteiger partial charge >= 0.3 is 6.18 Å². The normalized spacial score (nSPS) is 11.2. The van der Waals surface area contributed by atoms with Crippen LogP contribution in [0.15, 0.2) is 54.6 Å². The minimum absolute atomic E-state index is 0.0822. The Balaban J connectivity index is 2.03. The van der Waals surface area contributed by atoms with E-state index in [4.69, 9.17) is 10.00 Å². The molecule has 0 atom stereocenters. The number of ketones is 1. The molecule has 0 N–H and O–H groups in total. The first-order valence-corrected chi connectivity index (χ1v) is 6.89. The number of hydrogen-bond donors (Lipinski definition) is 0. The number of carbonyl (C=O) groups excluding carboxylic acids is 1. The summed E-state index contributed by atoms with van der Waals surface area (Å²) in [6, 6.07) is 12.6. The van der Waals surface area contributed by atoms with E-state index in [9.17, 15) is 18.0 Å². The fourth-order valence-corrected chi connectivity index (χ4v) is 1.88. The number of halogens is 3. The van der Waals surface area contributed by atoms with Crippen LogP contribution in [-0.2, 0) is 6.18 Å². The minimum Gasteiger partial charge on any atom is -0.479 e. The first-order chi connectivity index (χ1) is 11.4.